The molecule has 0 saturated carbocycles. The fourth-order valence-electron chi connectivity index (χ4n) is 2.53. The predicted octanol–water partition coefficient (Wildman–Crippen LogP) is 4.09. The smallest absolute Gasteiger partial charge is 0.387 e. The first-order chi connectivity index (χ1) is 13.3. The van der Waals surface area contributed by atoms with E-state index in [2.05, 4.69) is 15.4 Å². The molecule has 0 bridgehead atoms. The van der Waals surface area contributed by atoms with E-state index in [0.29, 0.717) is 11.3 Å². The number of anilines is 1. The van der Waals surface area contributed by atoms with Gasteiger partial charge in [0, 0.05) is 19.6 Å². The summed E-state index contributed by atoms with van der Waals surface area (Å²) in [5.41, 5.74) is 1.50. The second-order valence-corrected chi connectivity index (χ2v) is 6.48. The molecule has 8 heteroatoms. The summed E-state index contributed by atoms with van der Waals surface area (Å²) in [6.07, 6.45) is 0. The number of ether oxygens (including phenoxy) is 1. The van der Waals surface area contributed by atoms with Crippen molar-refractivity contribution in [3.63, 3.8) is 0 Å². The number of carbonyl (C=O) groups excluding carboxylic acids is 2. The van der Waals surface area contributed by atoms with Gasteiger partial charge in [-0.05, 0) is 43.7 Å². The van der Waals surface area contributed by atoms with Crippen LogP contribution in [0.4, 0.5) is 19.3 Å². The minimum Gasteiger partial charge on any atom is -0.435 e. The summed E-state index contributed by atoms with van der Waals surface area (Å²) in [6.45, 7) is 1.05. The maximum absolute atomic E-state index is 12.8. The van der Waals surface area contributed by atoms with Crippen molar-refractivity contribution in [3.05, 3.63) is 59.7 Å². The maximum atomic E-state index is 12.8. The van der Waals surface area contributed by atoms with Crippen molar-refractivity contribution < 1.29 is 23.1 Å². The van der Waals surface area contributed by atoms with Crippen LogP contribution >= 0.6 is 0 Å². The molecular formula is C20H23F2N3O3. The predicted molar refractivity (Wildman–Crippen MR) is 103 cm³/mol. The first-order valence-electron chi connectivity index (χ1n) is 8.72. The van der Waals surface area contributed by atoms with E-state index in [9.17, 15) is 18.4 Å². The molecule has 0 unspecified atom stereocenters. The van der Waals surface area contributed by atoms with Crippen molar-refractivity contribution in [1.82, 2.24) is 10.2 Å². The first-order valence-corrected chi connectivity index (χ1v) is 8.72. The van der Waals surface area contributed by atoms with Gasteiger partial charge in [-0.1, -0.05) is 24.3 Å². The van der Waals surface area contributed by atoms with Gasteiger partial charge in [0.15, 0.2) is 0 Å². The molecule has 0 aliphatic carbocycles. The number of nitrogens with zero attached hydrogens (tertiary/aromatic N) is 1. The fourth-order valence-corrected chi connectivity index (χ4v) is 2.53. The fraction of sp³-hybridized carbons (Fsp3) is 0.300. The summed E-state index contributed by atoms with van der Waals surface area (Å²) in [5.74, 6) is -0.230. The minimum atomic E-state index is -2.88. The summed E-state index contributed by atoms with van der Waals surface area (Å²) in [7, 11) is 1.62. The van der Waals surface area contributed by atoms with Gasteiger partial charge < -0.3 is 20.3 Å². The number of hydrogen-bond donors (Lipinski definition) is 2. The average Bonchev–Trinajstić information content (AvgIpc) is 2.62. The van der Waals surface area contributed by atoms with Crippen LogP contribution in [0.25, 0.3) is 0 Å². The van der Waals surface area contributed by atoms with Gasteiger partial charge in [-0.25, -0.2) is 4.79 Å². The molecule has 2 aromatic carbocycles. The summed E-state index contributed by atoms with van der Waals surface area (Å²) in [5, 5.41) is 5.39. The van der Waals surface area contributed by atoms with E-state index in [-0.39, 0.29) is 24.2 Å². The van der Waals surface area contributed by atoms with E-state index in [0.717, 1.165) is 5.56 Å². The number of nitrogens with one attached hydrogen (secondary N) is 2. The van der Waals surface area contributed by atoms with Gasteiger partial charge in [0.25, 0.3) is 5.91 Å². The Morgan fingerprint density at radius 1 is 1.07 bits per heavy atom. The Kier molecular flexibility index (Phi) is 7.31. The van der Waals surface area contributed by atoms with Crippen LogP contribution in [0.3, 0.4) is 0 Å². The molecule has 2 rings (SSSR count). The number of halogens is 2. The quantitative estimate of drug-likeness (QED) is 0.747. The highest BCUT2D eigenvalue weighted by atomic mass is 19.3. The Labute approximate surface area is 162 Å². The third-order valence-electron chi connectivity index (χ3n) is 3.74. The molecule has 2 aromatic rings. The zero-order chi connectivity index (χ0) is 20.7. The van der Waals surface area contributed by atoms with E-state index in [1.54, 1.807) is 43.4 Å². The van der Waals surface area contributed by atoms with Gasteiger partial charge in [0.2, 0.25) is 0 Å². The highest BCUT2D eigenvalue weighted by molar-refractivity contribution is 6.03. The van der Waals surface area contributed by atoms with Crippen molar-refractivity contribution in [2.24, 2.45) is 0 Å². The number of para-hydroxylation sites is 1. The zero-order valence-electron chi connectivity index (χ0n) is 15.9. The van der Waals surface area contributed by atoms with E-state index >= 15 is 0 Å². The average molecular weight is 391 g/mol. The molecule has 0 aliphatic rings. The Morgan fingerprint density at radius 3 is 2.32 bits per heavy atom. The second kappa shape index (κ2) is 9.68. The molecule has 0 fully saturated rings. The number of alkyl halides is 2. The molecule has 2 N–H and O–H groups in total. The normalized spacial score (nSPS) is 10.7. The first kappa shape index (κ1) is 21.1. The topological polar surface area (TPSA) is 70.7 Å². The second-order valence-electron chi connectivity index (χ2n) is 6.48. The van der Waals surface area contributed by atoms with Crippen LogP contribution in [0.1, 0.15) is 29.8 Å². The van der Waals surface area contributed by atoms with E-state index < -0.39 is 12.6 Å². The van der Waals surface area contributed by atoms with E-state index in [4.69, 9.17) is 0 Å². The largest absolute Gasteiger partial charge is 0.435 e. The molecule has 150 valence electrons. The lowest BCUT2D eigenvalue weighted by Gasteiger charge is -2.20. The highest BCUT2D eigenvalue weighted by Crippen LogP contribution is 2.19. The summed E-state index contributed by atoms with van der Waals surface area (Å²) < 4.78 is 28.7. The van der Waals surface area contributed by atoms with Gasteiger partial charge in [0.1, 0.15) is 5.75 Å². The van der Waals surface area contributed by atoms with Crippen LogP contribution in [0.15, 0.2) is 48.5 Å². The molecule has 6 nitrogen and oxygen atoms in total. The number of carbonyl (C=O) groups is 2. The molecule has 0 aliphatic heterocycles. The molecular weight excluding hydrogens is 368 g/mol. The van der Waals surface area contributed by atoms with Crippen molar-refractivity contribution in [1.29, 1.82) is 0 Å². The summed E-state index contributed by atoms with van der Waals surface area (Å²) >= 11 is 0. The van der Waals surface area contributed by atoms with Gasteiger partial charge >= 0.3 is 12.6 Å². The molecule has 0 heterocycles. The minimum absolute atomic E-state index is 0.0393. The Balaban J connectivity index is 2.07. The van der Waals surface area contributed by atoms with E-state index in [1.807, 2.05) is 13.8 Å². The van der Waals surface area contributed by atoms with Crippen LogP contribution < -0.4 is 15.4 Å². The van der Waals surface area contributed by atoms with Crippen LogP contribution in [-0.4, -0.2) is 36.5 Å². The Morgan fingerprint density at radius 2 is 1.71 bits per heavy atom. The lowest BCUT2D eigenvalue weighted by atomic mass is 10.1. The summed E-state index contributed by atoms with van der Waals surface area (Å²) in [4.78, 5) is 26.2. The standard InChI is InChI=1S/C20H23F2N3O3/c1-13(2)23-20(27)24-17-7-5-4-6-16(17)18(26)25(3)12-14-8-10-15(11-9-14)28-19(21)22/h4-11,13,19H,12H2,1-3H3,(H2,23,24,27). The SMILES string of the molecule is CC(C)NC(=O)Nc1ccccc1C(=O)N(C)Cc1ccc(OC(F)F)cc1. The molecule has 0 radical (unpaired) electrons. The monoisotopic (exact) mass is 391 g/mol. The van der Waals surface area contributed by atoms with Crippen molar-refractivity contribution in [3.8, 4) is 5.75 Å². The molecule has 0 aromatic heterocycles. The summed E-state index contributed by atoms with van der Waals surface area (Å²) in [6, 6.07) is 12.4. The Hall–Kier alpha value is -3.16. The highest BCUT2D eigenvalue weighted by Gasteiger charge is 2.17. The van der Waals surface area contributed by atoms with E-state index in [1.165, 1.54) is 17.0 Å². The van der Waals surface area contributed by atoms with Crippen LogP contribution in [0, 0.1) is 0 Å². The number of urea groups is 1. The van der Waals surface area contributed by atoms with Crippen LogP contribution in [0.2, 0.25) is 0 Å². The molecule has 28 heavy (non-hydrogen) atoms. The van der Waals surface area contributed by atoms with Gasteiger partial charge in [-0.3, -0.25) is 4.79 Å². The van der Waals surface area contributed by atoms with Crippen molar-refractivity contribution in [2.45, 2.75) is 33.0 Å². The number of rotatable bonds is 7. The van der Waals surface area contributed by atoms with Gasteiger partial charge in [-0.2, -0.15) is 8.78 Å². The molecule has 0 atom stereocenters. The lowest BCUT2D eigenvalue weighted by Crippen LogP contribution is -2.35. The van der Waals surface area contributed by atoms with Crippen LogP contribution in [0.5, 0.6) is 5.75 Å². The zero-order valence-corrected chi connectivity index (χ0v) is 15.9. The third kappa shape index (κ3) is 6.22. The molecule has 0 spiro atoms. The number of benzene rings is 2. The Bertz CT molecular complexity index is 811. The van der Waals surface area contributed by atoms with Crippen molar-refractivity contribution in [2.75, 3.05) is 12.4 Å². The van der Waals surface area contributed by atoms with Crippen molar-refractivity contribution >= 4 is 17.6 Å². The van der Waals surface area contributed by atoms with Crippen LogP contribution in [-0.2, 0) is 6.54 Å². The van der Waals surface area contributed by atoms with Gasteiger partial charge in [0.05, 0.1) is 11.3 Å². The molecule has 0 saturated heterocycles. The third-order valence-corrected chi connectivity index (χ3v) is 3.74. The number of amides is 3. The van der Waals surface area contributed by atoms with Gasteiger partial charge in [-0.15, -0.1) is 0 Å². The maximum Gasteiger partial charge on any atom is 0.387 e. The lowest BCUT2D eigenvalue weighted by molar-refractivity contribution is -0.0498. The molecule has 3 amide bonds. The number of hydrogen-bond acceptors (Lipinski definition) is 3.